The third kappa shape index (κ3) is 2.40. The Balaban J connectivity index is 1.86. The van der Waals surface area contributed by atoms with Gasteiger partial charge in [-0.2, -0.15) is 0 Å². The van der Waals surface area contributed by atoms with Crippen LogP contribution < -0.4 is 0 Å². The zero-order valence-electron chi connectivity index (χ0n) is 11.0. The molecule has 3 atom stereocenters. The summed E-state index contributed by atoms with van der Waals surface area (Å²) < 4.78 is 6.45. The molecule has 0 spiro atoms. The molecule has 3 unspecified atom stereocenters. The highest BCUT2D eigenvalue weighted by atomic mass is 16.5. The Morgan fingerprint density at radius 1 is 1.26 bits per heavy atom. The summed E-state index contributed by atoms with van der Waals surface area (Å²) >= 11 is 0. The first-order chi connectivity index (χ1) is 9.28. The smallest absolute Gasteiger partial charge is 0.200 e. The van der Waals surface area contributed by atoms with Crippen molar-refractivity contribution in [2.24, 2.45) is 4.99 Å². The van der Waals surface area contributed by atoms with Crippen molar-refractivity contribution in [3.8, 4) is 0 Å². The van der Waals surface area contributed by atoms with Gasteiger partial charge in [-0.3, -0.25) is 4.99 Å². The first-order valence-electron chi connectivity index (χ1n) is 6.74. The van der Waals surface area contributed by atoms with Crippen LogP contribution in [0.1, 0.15) is 24.8 Å². The molecular weight excluding hydrogens is 240 g/mol. The number of hydroxylamine groups is 1. The average molecular weight is 258 g/mol. The fourth-order valence-corrected chi connectivity index (χ4v) is 2.92. The maximum absolute atomic E-state index is 12.2. The zero-order valence-corrected chi connectivity index (χ0v) is 11.0. The van der Waals surface area contributed by atoms with Gasteiger partial charge in [-0.25, -0.2) is 4.74 Å². The maximum Gasteiger partial charge on any atom is 0.200 e. The molecule has 1 saturated carbocycles. The summed E-state index contributed by atoms with van der Waals surface area (Å²) in [6, 6.07) is 9.92. The first kappa shape index (κ1) is 12.4. The van der Waals surface area contributed by atoms with Crippen LogP contribution in [0.5, 0.6) is 0 Å². The molecule has 0 N–H and O–H groups in total. The van der Waals surface area contributed by atoms with E-state index in [1.807, 2.05) is 30.3 Å². The second-order valence-corrected chi connectivity index (χ2v) is 5.17. The summed E-state index contributed by atoms with van der Waals surface area (Å²) in [5.41, 5.74) is 1.81. The van der Waals surface area contributed by atoms with Crippen molar-refractivity contribution in [3.63, 3.8) is 0 Å². The molecule has 1 aromatic carbocycles. The van der Waals surface area contributed by atoms with Crippen LogP contribution in [0.4, 0.5) is 0 Å². The van der Waals surface area contributed by atoms with Gasteiger partial charge in [-0.1, -0.05) is 30.3 Å². The lowest BCUT2D eigenvalue weighted by atomic mass is 9.87. The summed E-state index contributed by atoms with van der Waals surface area (Å²) in [5.74, 6) is 0. The molecule has 0 aromatic heterocycles. The van der Waals surface area contributed by atoms with Gasteiger partial charge in [-0.05, 0) is 12.8 Å². The molecule has 1 heterocycles. The lowest BCUT2D eigenvalue weighted by molar-refractivity contribution is -0.506. The minimum atomic E-state index is -0.0637. The lowest BCUT2D eigenvalue weighted by Gasteiger charge is -2.33. The molecule has 4 heteroatoms. The SMILES string of the molecule is COC1CCC2N=C(c3ccccc3)C=[N+]([O-])C2C1. The Morgan fingerprint density at radius 2 is 2.05 bits per heavy atom. The van der Waals surface area contributed by atoms with Crippen LogP contribution in [-0.4, -0.2) is 42.0 Å². The molecule has 3 rings (SSSR count). The van der Waals surface area contributed by atoms with Crippen LogP contribution in [0.15, 0.2) is 35.3 Å². The number of benzene rings is 1. The van der Waals surface area contributed by atoms with Crippen molar-refractivity contribution in [3.05, 3.63) is 41.1 Å². The summed E-state index contributed by atoms with van der Waals surface area (Å²) in [6.45, 7) is 0. The van der Waals surface area contributed by atoms with Gasteiger partial charge in [0, 0.05) is 19.1 Å². The molecular formula is C15H18N2O2. The minimum Gasteiger partial charge on any atom is -0.623 e. The van der Waals surface area contributed by atoms with Gasteiger partial charge in [0.25, 0.3) is 0 Å². The molecule has 2 aliphatic rings. The highest BCUT2D eigenvalue weighted by Gasteiger charge is 2.38. The largest absolute Gasteiger partial charge is 0.623 e. The number of rotatable bonds is 2. The van der Waals surface area contributed by atoms with Crippen LogP contribution in [0.3, 0.4) is 0 Å². The van der Waals surface area contributed by atoms with Crippen LogP contribution in [0, 0.1) is 5.21 Å². The summed E-state index contributed by atoms with van der Waals surface area (Å²) in [4.78, 5) is 4.76. The molecule has 0 radical (unpaired) electrons. The van der Waals surface area contributed by atoms with Crippen molar-refractivity contribution in [2.75, 3.05) is 7.11 Å². The van der Waals surface area contributed by atoms with E-state index in [4.69, 9.17) is 9.73 Å². The maximum atomic E-state index is 12.2. The van der Waals surface area contributed by atoms with E-state index in [9.17, 15) is 5.21 Å². The van der Waals surface area contributed by atoms with E-state index < -0.39 is 0 Å². The van der Waals surface area contributed by atoms with E-state index in [2.05, 4.69) is 0 Å². The van der Waals surface area contributed by atoms with Crippen molar-refractivity contribution in [1.82, 2.24) is 0 Å². The van der Waals surface area contributed by atoms with Gasteiger partial charge in [0.2, 0.25) is 6.21 Å². The number of ether oxygens (including phenoxy) is 1. The molecule has 100 valence electrons. The Hall–Kier alpha value is -1.68. The van der Waals surface area contributed by atoms with Crippen molar-refractivity contribution < 1.29 is 9.48 Å². The van der Waals surface area contributed by atoms with Crippen molar-refractivity contribution in [1.29, 1.82) is 0 Å². The summed E-state index contributed by atoms with van der Waals surface area (Å²) in [5, 5.41) is 12.2. The molecule has 0 amide bonds. The first-order valence-corrected chi connectivity index (χ1v) is 6.74. The van der Waals surface area contributed by atoms with Gasteiger partial charge < -0.3 is 9.94 Å². The van der Waals surface area contributed by atoms with Crippen LogP contribution >= 0.6 is 0 Å². The predicted octanol–water partition coefficient (Wildman–Crippen LogP) is 2.01. The molecule has 0 saturated heterocycles. The fraction of sp³-hybridized carbons (Fsp3) is 0.467. The standard InChI is InChI=1S/C15H18N2O2/c1-19-12-7-8-13-15(9-12)17(18)10-14(16-13)11-5-3-2-4-6-11/h2-6,10,12-13,15H,7-9H2,1H3. The highest BCUT2D eigenvalue weighted by molar-refractivity contribution is 6.37. The number of aliphatic imine (C=N–C) groups is 1. The Labute approximate surface area is 113 Å². The van der Waals surface area contributed by atoms with Crippen molar-refractivity contribution in [2.45, 2.75) is 37.5 Å². The lowest BCUT2D eigenvalue weighted by Crippen LogP contribution is -2.46. The highest BCUT2D eigenvalue weighted by Crippen LogP contribution is 2.27. The van der Waals surface area contributed by atoms with E-state index in [0.29, 0.717) is 0 Å². The molecule has 1 fully saturated rings. The molecule has 1 aliphatic carbocycles. The fourth-order valence-electron chi connectivity index (χ4n) is 2.92. The van der Waals surface area contributed by atoms with Gasteiger partial charge in [0.05, 0.1) is 6.10 Å². The Bertz CT molecular complexity index is 510. The molecule has 4 nitrogen and oxygen atoms in total. The number of hydrogen-bond donors (Lipinski definition) is 0. The minimum absolute atomic E-state index is 0.0637. The summed E-state index contributed by atoms with van der Waals surface area (Å²) in [7, 11) is 1.71. The van der Waals surface area contributed by atoms with E-state index in [1.165, 1.54) is 0 Å². The second kappa shape index (κ2) is 5.13. The monoisotopic (exact) mass is 258 g/mol. The third-order valence-electron chi connectivity index (χ3n) is 4.02. The second-order valence-electron chi connectivity index (χ2n) is 5.17. The molecule has 19 heavy (non-hydrogen) atoms. The molecule has 1 aromatic rings. The van der Waals surface area contributed by atoms with Gasteiger partial charge in [0.1, 0.15) is 11.8 Å². The zero-order chi connectivity index (χ0) is 13.2. The van der Waals surface area contributed by atoms with Gasteiger partial charge in [-0.15, -0.1) is 0 Å². The summed E-state index contributed by atoms with van der Waals surface area (Å²) in [6.07, 6.45) is 4.49. The number of hydrogen-bond acceptors (Lipinski definition) is 3. The third-order valence-corrected chi connectivity index (χ3v) is 4.02. The average Bonchev–Trinajstić information content (AvgIpc) is 2.48. The van der Waals surface area contributed by atoms with Crippen LogP contribution in [0.25, 0.3) is 0 Å². The Kier molecular flexibility index (Phi) is 3.34. The van der Waals surface area contributed by atoms with E-state index in [0.717, 1.165) is 35.3 Å². The van der Waals surface area contributed by atoms with E-state index in [1.54, 1.807) is 13.3 Å². The van der Waals surface area contributed by atoms with E-state index in [-0.39, 0.29) is 18.2 Å². The number of nitrogens with zero attached hydrogens (tertiary/aromatic N) is 2. The topological polar surface area (TPSA) is 47.7 Å². The Morgan fingerprint density at radius 3 is 2.79 bits per heavy atom. The van der Waals surface area contributed by atoms with Gasteiger partial charge in [0.15, 0.2) is 6.04 Å². The number of methoxy groups -OCH3 is 1. The van der Waals surface area contributed by atoms with E-state index >= 15 is 0 Å². The quantitative estimate of drug-likeness (QED) is 0.602. The van der Waals surface area contributed by atoms with Gasteiger partial charge >= 0.3 is 0 Å². The normalized spacial score (nSPS) is 30.3. The van der Waals surface area contributed by atoms with Crippen LogP contribution in [0.2, 0.25) is 0 Å². The number of fused-ring (bicyclic) bond motifs is 1. The van der Waals surface area contributed by atoms with Crippen LogP contribution in [-0.2, 0) is 4.74 Å². The predicted molar refractivity (Wildman–Crippen MR) is 74.9 cm³/mol. The van der Waals surface area contributed by atoms with Crippen molar-refractivity contribution >= 4 is 11.9 Å². The molecule has 1 aliphatic heterocycles. The molecule has 0 bridgehead atoms.